The lowest BCUT2D eigenvalue weighted by atomic mass is 9.88. The van der Waals surface area contributed by atoms with Crippen molar-refractivity contribution in [1.82, 2.24) is 9.13 Å². The van der Waals surface area contributed by atoms with E-state index in [2.05, 4.69) is 397 Å². The van der Waals surface area contributed by atoms with Gasteiger partial charge in [0.2, 0.25) is 0 Å². The van der Waals surface area contributed by atoms with Crippen molar-refractivity contribution in [1.29, 1.82) is 0 Å². The molecule has 2 nitrogen and oxygen atoms in total. The number of benzene rings is 20. The molecule has 2 heteroatoms. The zero-order valence-corrected chi connectivity index (χ0v) is 59.8. The summed E-state index contributed by atoms with van der Waals surface area (Å²) in [7, 11) is 0. The third kappa shape index (κ3) is 9.18. The van der Waals surface area contributed by atoms with Crippen molar-refractivity contribution in [3.05, 3.63) is 388 Å². The minimum atomic E-state index is 1.12. The summed E-state index contributed by atoms with van der Waals surface area (Å²) in [5.41, 5.74) is 34.0. The van der Waals surface area contributed by atoms with Gasteiger partial charge in [-0.3, -0.25) is 0 Å². The lowest BCUT2D eigenvalue weighted by Crippen LogP contribution is -1.94. The summed E-state index contributed by atoms with van der Waals surface area (Å²) in [5, 5.41) is 20.1. The van der Waals surface area contributed by atoms with Crippen molar-refractivity contribution in [2.45, 2.75) is 0 Å². The van der Waals surface area contributed by atoms with Gasteiger partial charge in [-0.2, -0.15) is 0 Å². The summed E-state index contributed by atoms with van der Waals surface area (Å²) in [5.74, 6) is 0. The van der Waals surface area contributed by atoms with E-state index in [9.17, 15) is 0 Å². The van der Waals surface area contributed by atoms with Crippen LogP contribution < -0.4 is 0 Å². The molecule has 2 aromatic heterocycles. The standard InChI is InChI=1S/C108H64N2/c1-4-19-65(20-5-1)68-39-43-85-74(51-68)26-17-33-84(85)75-24-16-25-76(53-75)88-48-50-96-99-61-80-52-69(37-38-70(80)59-100(99)101-60-77-23-12-13-31-87(77)107(88)108(96)101)71-40-44-91-92-46-42-73(64-105(92)110(104(91)62-71)83-29-8-3-9-30-83)79-54-78(72-41-45-90-89-32-14-15-36-102(89)109(103(90)63-72)82-27-6-2-7-28-82)55-81(56-79)86-47-49-95-98-58-67-22-11-10-21-66(67)57-97(98)94-35-18-34-93(86)106(94)95/h1-64H. The second kappa shape index (κ2) is 23.5. The van der Waals surface area contributed by atoms with Crippen LogP contribution in [0.2, 0.25) is 0 Å². The van der Waals surface area contributed by atoms with Gasteiger partial charge >= 0.3 is 0 Å². The molecule has 0 bridgehead atoms. The van der Waals surface area contributed by atoms with Gasteiger partial charge in [0.15, 0.2) is 0 Å². The van der Waals surface area contributed by atoms with Crippen LogP contribution in [-0.2, 0) is 0 Å². The molecule has 0 saturated heterocycles. The molecule has 0 radical (unpaired) electrons. The molecular formula is C108H64N2. The van der Waals surface area contributed by atoms with E-state index < -0.39 is 0 Å². The fourth-order valence-corrected chi connectivity index (χ4v) is 19.2. The summed E-state index contributed by atoms with van der Waals surface area (Å²) >= 11 is 0. The first-order chi connectivity index (χ1) is 54.5. The highest BCUT2D eigenvalue weighted by Crippen LogP contribution is 2.55. The van der Waals surface area contributed by atoms with Crippen molar-refractivity contribution >= 4 is 108 Å². The first-order valence-corrected chi connectivity index (χ1v) is 38.2. The van der Waals surface area contributed by atoms with Crippen LogP contribution in [0.1, 0.15) is 0 Å². The quantitative estimate of drug-likeness (QED) is 0.128. The fraction of sp³-hybridized carbons (Fsp3) is 0. The van der Waals surface area contributed by atoms with Gasteiger partial charge < -0.3 is 9.13 Å². The molecule has 20 aromatic carbocycles. The lowest BCUT2D eigenvalue weighted by Gasteiger charge is -2.15. The largest absolute Gasteiger partial charge is 0.309 e. The van der Waals surface area contributed by atoms with Gasteiger partial charge in [0.1, 0.15) is 0 Å². The Bertz CT molecular complexity index is 7690. The van der Waals surface area contributed by atoms with E-state index in [-0.39, 0.29) is 0 Å². The number of nitrogens with zero attached hydrogens (tertiary/aromatic N) is 2. The summed E-state index contributed by atoms with van der Waals surface area (Å²) in [6.07, 6.45) is 0. The molecule has 2 aliphatic rings. The molecule has 110 heavy (non-hydrogen) atoms. The first kappa shape index (κ1) is 60.8. The highest BCUT2D eigenvalue weighted by molar-refractivity contribution is 6.29. The van der Waals surface area contributed by atoms with E-state index >= 15 is 0 Å². The first-order valence-electron chi connectivity index (χ1n) is 38.2. The van der Waals surface area contributed by atoms with Gasteiger partial charge in [-0.25, -0.2) is 0 Å². The molecule has 0 aliphatic heterocycles. The van der Waals surface area contributed by atoms with Crippen LogP contribution in [0.15, 0.2) is 388 Å². The Kier molecular flexibility index (Phi) is 13.0. The van der Waals surface area contributed by atoms with E-state index in [1.807, 2.05) is 0 Å². The van der Waals surface area contributed by atoms with Crippen molar-refractivity contribution in [3.63, 3.8) is 0 Å². The van der Waals surface area contributed by atoms with E-state index in [0.717, 1.165) is 39.1 Å². The Hall–Kier alpha value is -14.4. The Morgan fingerprint density at radius 1 is 0.127 bits per heavy atom. The topological polar surface area (TPSA) is 9.86 Å². The summed E-state index contributed by atoms with van der Waals surface area (Å²) in [4.78, 5) is 0. The average Bonchev–Trinajstić information content (AvgIpc) is 1.56. The molecule has 22 aromatic rings. The maximum atomic E-state index is 2.49. The molecule has 0 amide bonds. The third-order valence-corrected chi connectivity index (χ3v) is 24.3. The van der Waals surface area contributed by atoms with Crippen LogP contribution in [0.4, 0.5) is 0 Å². The Balaban J connectivity index is 0.634. The van der Waals surface area contributed by atoms with Crippen molar-refractivity contribution in [3.8, 4) is 134 Å². The minimum Gasteiger partial charge on any atom is -0.309 e. The van der Waals surface area contributed by atoms with Crippen molar-refractivity contribution < 1.29 is 0 Å². The zero-order chi connectivity index (χ0) is 71.8. The van der Waals surface area contributed by atoms with Gasteiger partial charge in [-0.15, -0.1) is 0 Å². The second-order valence-electron chi connectivity index (χ2n) is 30.2. The van der Waals surface area contributed by atoms with Crippen LogP contribution in [0.5, 0.6) is 0 Å². The van der Waals surface area contributed by atoms with Gasteiger partial charge in [-0.1, -0.05) is 273 Å². The van der Waals surface area contributed by atoms with Crippen LogP contribution in [0.3, 0.4) is 0 Å². The second-order valence-corrected chi connectivity index (χ2v) is 30.2. The maximum absolute atomic E-state index is 2.49. The summed E-state index contributed by atoms with van der Waals surface area (Å²) in [6.45, 7) is 0. The SMILES string of the molecule is c1ccc(-c2ccc3c(-c4cccc(-c5ccc6c7c(cc8ccccc8c57)-c5cc7ccc(-c8ccc9c%10ccc(-c%11cc(-c%12ccc%13c%14ccccc%14n(-c%14ccccc%14)c%13c%12)cc(-c%12ccc%13c%14c(cccc%12%14)-c%12cc%14ccccc%14cc%12-%13)c%11)cc%10n(-c%10ccccc%10)c9c8)cc7cc5-6)c4)cccc3c2)cc1. The fourth-order valence-electron chi connectivity index (χ4n) is 19.2. The smallest absolute Gasteiger partial charge is 0.0547 e. The van der Waals surface area contributed by atoms with E-state index in [1.54, 1.807) is 0 Å². The van der Waals surface area contributed by atoms with Crippen LogP contribution in [0.25, 0.3) is 242 Å². The highest BCUT2D eigenvalue weighted by Gasteiger charge is 2.28. The van der Waals surface area contributed by atoms with E-state index in [0.29, 0.717) is 0 Å². The monoisotopic (exact) mass is 1390 g/mol. The van der Waals surface area contributed by atoms with Gasteiger partial charge in [0.25, 0.3) is 0 Å². The molecule has 24 rings (SSSR count). The zero-order valence-electron chi connectivity index (χ0n) is 59.8. The maximum Gasteiger partial charge on any atom is 0.0547 e. The molecule has 0 N–H and O–H groups in total. The number of hydrogen-bond donors (Lipinski definition) is 0. The summed E-state index contributed by atoms with van der Waals surface area (Å²) < 4.78 is 4.93. The van der Waals surface area contributed by atoms with Gasteiger partial charge in [0, 0.05) is 32.9 Å². The molecule has 506 valence electrons. The molecule has 0 spiro atoms. The summed E-state index contributed by atoms with van der Waals surface area (Å²) in [6, 6.07) is 146. The highest BCUT2D eigenvalue weighted by atomic mass is 15.0. The molecular weight excluding hydrogens is 1330 g/mol. The van der Waals surface area contributed by atoms with Gasteiger partial charge in [-0.05, 0) is 302 Å². The average molecular weight is 1390 g/mol. The predicted molar refractivity (Wildman–Crippen MR) is 467 cm³/mol. The van der Waals surface area contributed by atoms with E-state index in [4.69, 9.17) is 0 Å². The number of rotatable bonds is 9. The number of para-hydroxylation sites is 3. The Labute approximate surface area is 635 Å². The van der Waals surface area contributed by atoms with E-state index in [1.165, 1.54) is 203 Å². The normalized spacial score (nSPS) is 12.2. The molecule has 0 atom stereocenters. The van der Waals surface area contributed by atoms with Crippen LogP contribution in [-0.4, -0.2) is 9.13 Å². The van der Waals surface area contributed by atoms with Crippen LogP contribution in [0, 0.1) is 0 Å². The Morgan fingerprint density at radius 3 is 1.17 bits per heavy atom. The predicted octanol–water partition coefficient (Wildman–Crippen LogP) is 29.8. The molecule has 0 fully saturated rings. The van der Waals surface area contributed by atoms with Gasteiger partial charge in [0.05, 0.1) is 22.1 Å². The molecule has 2 heterocycles. The molecule has 2 aliphatic carbocycles. The van der Waals surface area contributed by atoms with Crippen molar-refractivity contribution in [2.24, 2.45) is 0 Å². The number of aromatic nitrogens is 2. The lowest BCUT2D eigenvalue weighted by molar-refractivity contribution is 1.18. The number of fused-ring (bicyclic) bond motifs is 17. The third-order valence-electron chi connectivity index (χ3n) is 24.3. The van der Waals surface area contributed by atoms with Crippen molar-refractivity contribution in [2.75, 3.05) is 0 Å². The van der Waals surface area contributed by atoms with Crippen LogP contribution >= 0.6 is 0 Å². The molecule has 0 saturated carbocycles. The Morgan fingerprint density at radius 2 is 0.500 bits per heavy atom. The molecule has 0 unspecified atom stereocenters. The number of hydrogen-bond acceptors (Lipinski definition) is 0. The minimum absolute atomic E-state index is 1.12.